The number of Topliss-reactive ketones (excluding diaryl/α,β-unsaturated/α-hetero) is 1. The van der Waals surface area contributed by atoms with E-state index in [4.69, 9.17) is 0 Å². The number of hydrogen-bond donors (Lipinski definition) is 1. The molecule has 1 fully saturated rings. The molecular weight excluding hydrogens is 138 g/mol. The lowest BCUT2D eigenvalue weighted by Crippen LogP contribution is -2.52. The van der Waals surface area contributed by atoms with Gasteiger partial charge in [-0.25, -0.2) is 0 Å². The van der Waals surface area contributed by atoms with Gasteiger partial charge >= 0.3 is 0 Å². The zero-order valence-electron chi connectivity index (χ0n) is 7.61. The monoisotopic (exact) mass is 155 g/mol. The second-order valence-electron chi connectivity index (χ2n) is 3.90. The molecule has 2 heteroatoms. The van der Waals surface area contributed by atoms with Crippen LogP contribution in [0.3, 0.4) is 0 Å². The number of ketones is 1. The van der Waals surface area contributed by atoms with Crippen molar-refractivity contribution in [3.63, 3.8) is 0 Å². The Kier molecular flexibility index (Phi) is 2.33. The van der Waals surface area contributed by atoms with Crippen molar-refractivity contribution in [2.75, 3.05) is 6.54 Å². The summed E-state index contributed by atoms with van der Waals surface area (Å²) in [5, 5.41) is 3.14. The molecule has 0 aliphatic carbocycles. The molecule has 0 unspecified atom stereocenters. The molecule has 64 valence electrons. The molecule has 1 atom stereocenters. The van der Waals surface area contributed by atoms with Gasteiger partial charge in [0.1, 0.15) is 0 Å². The summed E-state index contributed by atoms with van der Waals surface area (Å²) in [6.07, 6.45) is 1.96. The molecule has 0 saturated carbocycles. The molecule has 1 saturated heterocycles. The molecule has 1 aliphatic rings. The van der Waals surface area contributed by atoms with E-state index < -0.39 is 0 Å². The molecule has 1 aliphatic heterocycles. The fourth-order valence-electron chi connectivity index (χ4n) is 1.16. The molecule has 0 radical (unpaired) electrons. The van der Waals surface area contributed by atoms with Crippen molar-refractivity contribution in [2.45, 2.75) is 39.7 Å². The van der Waals surface area contributed by atoms with E-state index in [-0.39, 0.29) is 11.5 Å². The maximum absolute atomic E-state index is 11.6. The predicted octanol–water partition coefficient (Wildman–Crippen LogP) is 1.35. The van der Waals surface area contributed by atoms with E-state index in [1.165, 1.54) is 0 Å². The molecule has 1 heterocycles. The van der Waals surface area contributed by atoms with Gasteiger partial charge in [0, 0.05) is 5.41 Å². The second kappa shape index (κ2) is 2.94. The van der Waals surface area contributed by atoms with Crippen LogP contribution in [-0.4, -0.2) is 18.4 Å². The summed E-state index contributed by atoms with van der Waals surface area (Å²) in [4.78, 5) is 11.6. The van der Waals surface area contributed by atoms with E-state index in [0.717, 1.165) is 19.4 Å². The van der Waals surface area contributed by atoms with Crippen molar-refractivity contribution in [1.29, 1.82) is 0 Å². The third-order valence-electron chi connectivity index (χ3n) is 2.69. The van der Waals surface area contributed by atoms with Gasteiger partial charge in [0.25, 0.3) is 0 Å². The maximum atomic E-state index is 11.6. The zero-order chi connectivity index (χ0) is 8.48. The Balaban J connectivity index is 2.51. The van der Waals surface area contributed by atoms with E-state index in [1.54, 1.807) is 0 Å². The molecule has 0 bridgehead atoms. The second-order valence-corrected chi connectivity index (χ2v) is 3.90. The van der Waals surface area contributed by atoms with Crippen molar-refractivity contribution < 1.29 is 4.79 Å². The summed E-state index contributed by atoms with van der Waals surface area (Å²) in [5.41, 5.74) is -0.127. The minimum atomic E-state index is -0.127. The van der Waals surface area contributed by atoms with Crippen LogP contribution in [0.4, 0.5) is 0 Å². The SMILES string of the molecule is CCC(C)(C)C(=O)[C@@H]1CCN1. The van der Waals surface area contributed by atoms with Gasteiger partial charge < -0.3 is 5.32 Å². The van der Waals surface area contributed by atoms with Crippen LogP contribution < -0.4 is 5.32 Å². The van der Waals surface area contributed by atoms with E-state index in [2.05, 4.69) is 12.2 Å². The molecule has 0 amide bonds. The molecule has 1 N–H and O–H groups in total. The van der Waals surface area contributed by atoms with Crippen LogP contribution in [0.5, 0.6) is 0 Å². The summed E-state index contributed by atoms with van der Waals surface area (Å²) >= 11 is 0. The van der Waals surface area contributed by atoms with Crippen LogP contribution >= 0.6 is 0 Å². The van der Waals surface area contributed by atoms with E-state index >= 15 is 0 Å². The van der Waals surface area contributed by atoms with E-state index in [9.17, 15) is 4.79 Å². The molecule has 11 heavy (non-hydrogen) atoms. The summed E-state index contributed by atoms with van der Waals surface area (Å²) in [6, 6.07) is 0.157. The third-order valence-corrected chi connectivity index (χ3v) is 2.69. The van der Waals surface area contributed by atoms with Crippen LogP contribution in [0.2, 0.25) is 0 Å². The number of rotatable bonds is 3. The fraction of sp³-hybridized carbons (Fsp3) is 0.889. The van der Waals surface area contributed by atoms with Crippen LogP contribution in [-0.2, 0) is 4.79 Å². The van der Waals surface area contributed by atoms with Crippen molar-refractivity contribution >= 4 is 5.78 Å². The first-order valence-corrected chi connectivity index (χ1v) is 4.35. The van der Waals surface area contributed by atoms with Gasteiger partial charge in [-0.15, -0.1) is 0 Å². The van der Waals surface area contributed by atoms with Gasteiger partial charge in [0.05, 0.1) is 6.04 Å². The third kappa shape index (κ3) is 1.62. The first-order valence-electron chi connectivity index (χ1n) is 4.35. The smallest absolute Gasteiger partial charge is 0.155 e. The average molecular weight is 155 g/mol. The Morgan fingerprint density at radius 2 is 2.18 bits per heavy atom. The maximum Gasteiger partial charge on any atom is 0.155 e. The summed E-state index contributed by atoms with van der Waals surface area (Å²) in [5.74, 6) is 0.381. The number of carbonyl (C=O) groups excluding carboxylic acids is 1. The normalized spacial score (nSPS) is 24.5. The van der Waals surface area contributed by atoms with Crippen LogP contribution in [0.15, 0.2) is 0 Å². The van der Waals surface area contributed by atoms with Gasteiger partial charge in [-0.2, -0.15) is 0 Å². The minimum absolute atomic E-state index is 0.127. The van der Waals surface area contributed by atoms with Crippen LogP contribution in [0.1, 0.15) is 33.6 Å². The molecule has 0 spiro atoms. The van der Waals surface area contributed by atoms with Crippen molar-refractivity contribution in [3.8, 4) is 0 Å². The highest BCUT2D eigenvalue weighted by Gasteiger charge is 2.34. The van der Waals surface area contributed by atoms with Crippen LogP contribution in [0.25, 0.3) is 0 Å². The molecular formula is C9H17NO. The average Bonchev–Trinajstić information content (AvgIpc) is 1.84. The summed E-state index contributed by atoms with van der Waals surface area (Å²) < 4.78 is 0. The molecule has 0 aromatic heterocycles. The van der Waals surface area contributed by atoms with Crippen molar-refractivity contribution in [2.24, 2.45) is 5.41 Å². The van der Waals surface area contributed by atoms with Gasteiger partial charge in [-0.05, 0) is 19.4 Å². The highest BCUT2D eigenvalue weighted by Crippen LogP contribution is 2.25. The fourth-order valence-corrected chi connectivity index (χ4v) is 1.16. The molecule has 2 nitrogen and oxygen atoms in total. The van der Waals surface area contributed by atoms with Gasteiger partial charge in [0.2, 0.25) is 0 Å². The van der Waals surface area contributed by atoms with Crippen LogP contribution in [0, 0.1) is 5.41 Å². The quantitative estimate of drug-likeness (QED) is 0.666. The first-order chi connectivity index (χ1) is 5.08. The van der Waals surface area contributed by atoms with E-state index in [0.29, 0.717) is 5.78 Å². The Morgan fingerprint density at radius 1 is 1.64 bits per heavy atom. The Hall–Kier alpha value is -0.370. The highest BCUT2D eigenvalue weighted by atomic mass is 16.1. The Morgan fingerprint density at radius 3 is 2.45 bits per heavy atom. The summed E-state index contributed by atoms with van der Waals surface area (Å²) in [7, 11) is 0. The predicted molar refractivity (Wildman–Crippen MR) is 45.5 cm³/mol. The molecule has 0 aromatic rings. The van der Waals surface area contributed by atoms with Crippen molar-refractivity contribution in [3.05, 3.63) is 0 Å². The number of carbonyl (C=O) groups is 1. The minimum Gasteiger partial charge on any atom is -0.307 e. The Bertz CT molecular complexity index is 159. The van der Waals surface area contributed by atoms with E-state index in [1.807, 2.05) is 13.8 Å². The zero-order valence-corrected chi connectivity index (χ0v) is 7.61. The Labute approximate surface area is 68.4 Å². The number of nitrogens with one attached hydrogen (secondary N) is 1. The largest absolute Gasteiger partial charge is 0.307 e. The topological polar surface area (TPSA) is 29.1 Å². The number of hydrogen-bond acceptors (Lipinski definition) is 2. The van der Waals surface area contributed by atoms with Crippen molar-refractivity contribution in [1.82, 2.24) is 5.32 Å². The lowest BCUT2D eigenvalue weighted by molar-refractivity contribution is -0.131. The van der Waals surface area contributed by atoms with Gasteiger partial charge in [-0.1, -0.05) is 20.8 Å². The lowest BCUT2D eigenvalue weighted by atomic mass is 9.79. The highest BCUT2D eigenvalue weighted by molar-refractivity contribution is 5.89. The lowest BCUT2D eigenvalue weighted by Gasteiger charge is -2.33. The standard InChI is InChI=1S/C9H17NO/c1-4-9(2,3)8(11)7-5-6-10-7/h7,10H,4-6H2,1-3H3/t7-/m0/s1. The molecule has 0 aromatic carbocycles. The van der Waals surface area contributed by atoms with Gasteiger partial charge in [0.15, 0.2) is 5.78 Å². The molecule has 1 rings (SSSR count). The van der Waals surface area contributed by atoms with Gasteiger partial charge in [-0.3, -0.25) is 4.79 Å². The first kappa shape index (κ1) is 8.72. The summed E-state index contributed by atoms with van der Waals surface area (Å²) in [6.45, 7) is 7.12.